The van der Waals surface area contributed by atoms with Crippen LogP contribution >= 0.6 is 11.8 Å². The minimum Gasteiger partial charge on any atom is -0.396 e. The Hall–Kier alpha value is 0.310. The maximum atomic E-state index is 8.73. The third-order valence-corrected chi connectivity index (χ3v) is 2.88. The fourth-order valence-corrected chi connectivity index (χ4v) is 1.97. The summed E-state index contributed by atoms with van der Waals surface area (Å²) in [7, 11) is 0. The fraction of sp³-hybridized carbons (Fsp3) is 1.00. The van der Waals surface area contributed by atoms with Gasteiger partial charge in [0.25, 0.3) is 0 Å². The molecule has 0 aromatic rings. The normalized spacial score (nSPS) is 13.9. The molecule has 68 valence electrons. The molecule has 0 rings (SSSR count). The standard InChI is InChI=1S/C9H20OS/c1-8(2)4-5-11-7-9(3)6-10/h8-10H,4-7H2,1-3H3. The third kappa shape index (κ3) is 8.21. The van der Waals surface area contributed by atoms with E-state index in [0.717, 1.165) is 11.7 Å². The lowest BCUT2D eigenvalue weighted by atomic mass is 10.2. The van der Waals surface area contributed by atoms with Crippen molar-refractivity contribution in [1.82, 2.24) is 0 Å². The molecule has 1 N–H and O–H groups in total. The van der Waals surface area contributed by atoms with E-state index in [2.05, 4.69) is 20.8 Å². The molecule has 1 nitrogen and oxygen atoms in total. The summed E-state index contributed by atoms with van der Waals surface area (Å²) in [5.74, 6) is 3.62. The van der Waals surface area contributed by atoms with Crippen molar-refractivity contribution >= 4 is 11.8 Å². The third-order valence-electron chi connectivity index (χ3n) is 1.55. The Morgan fingerprint density at radius 3 is 2.36 bits per heavy atom. The quantitative estimate of drug-likeness (QED) is 0.627. The van der Waals surface area contributed by atoms with Gasteiger partial charge in [0.2, 0.25) is 0 Å². The average molecular weight is 176 g/mol. The summed E-state index contributed by atoms with van der Waals surface area (Å²) in [6.07, 6.45) is 1.29. The molecule has 2 heteroatoms. The van der Waals surface area contributed by atoms with Crippen molar-refractivity contribution in [2.75, 3.05) is 18.1 Å². The Labute approximate surface area is 74.6 Å². The molecule has 0 bridgehead atoms. The maximum Gasteiger partial charge on any atom is 0.0464 e. The molecular weight excluding hydrogens is 156 g/mol. The zero-order chi connectivity index (χ0) is 8.69. The summed E-state index contributed by atoms with van der Waals surface area (Å²) in [6, 6.07) is 0. The van der Waals surface area contributed by atoms with E-state index in [4.69, 9.17) is 5.11 Å². The van der Waals surface area contributed by atoms with E-state index in [-0.39, 0.29) is 0 Å². The topological polar surface area (TPSA) is 20.2 Å². The molecule has 0 spiro atoms. The van der Waals surface area contributed by atoms with E-state index >= 15 is 0 Å². The molecule has 0 aromatic carbocycles. The summed E-state index contributed by atoms with van der Waals surface area (Å²) >= 11 is 1.95. The van der Waals surface area contributed by atoms with Gasteiger partial charge in [-0.15, -0.1) is 0 Å². The number of aliphatic hydroxyl groups is 1. The second-order valence-corrected chi connectivity index (χ2v) is 4.70. The van der Waals surface area contributed by atoms with E-state index in [9.17, 15) is 0 Å². The molecule has 0 radical (unpaired) electrons. The Morgan fingerprint density at radius 1 is 1.27 bits per heavy atom. The highest BCUT2D eigenvalue weighted by atomic mass is 32.2. The number of aliphatic hydroxyl groups excluding tert-OH is 1. The monoisotopic (exact) mass is 176 g/mol. The van der Waals surface area contributed by atoms with Crippen molar-refractivity contribution in [1.29, 1.82) is 0 Å². The van der Waals surface area contributed by atoms with Crippen LogP contribution in [0.1, 0.15) is 27.2 Å². The van der Waals surface area contributed by atoms with Gasteiger partial charge < -0.3 is 5.11 Å². The van der Waals surface area contributed by atoms with Crippen molar-refractivity contribution in [3.05, 3.63) is 0 Å². The zero-order valence-corrected chi connectivity index (χ0v) is 8.66. The van der Waals surface area contributed by atoms with Crippen LogP contribution in [-0.2, 0) is 0 Å². The van der Waals surface area contributed by atoms with Gasteiger partial charge in [-0.1, -0.05) is 20.8 Å². The summed E-state index contributed by atoms with van der Waals surface area (Å²) in [5.41, 5.74) is 0. The number of rotatable bonds is 6. The molecule has 0 saturated carbocycles. The first kappa shape index (κ1) is 11.3. The first-order valence-electron chi connectivity index (χ1n) is 4.35. The molecular formula is C9H20OS. The fourth-order valence-electron chi connectivity index (χ4n) is 0.656. The maximum absolute atomic E-state index is 8.73. The molecule has 0 fully saturated rings. The van der Waals surface area contributed by atoms with Crippen LogP contribution in [0.25, 0.3) is 0 Å². The molecule has 0 amide bonds. The van der Waals surface area contributed by atoms with Crippen LogP contribution in [0.15, 0.2) is 0 Å². The van der Waals surface area contributed by atoms with Crippen LogP contribution in [0, 0.1) is 11.8 Å². The SMILES string of the molecule is CC(C)CCSCC(C)CO. The minimum atomic E-state index is 0.328. The molecule has 11 heavy (non-hydrogen) atoms. The lowest BCUT2D eigenvalue weighted by Crippen LogP contribution is -2.04. The van der Waals surface area contributed by atoms with E-state index in [1.165, 1.54) is 12.2 Å². The first-order chi connectivity index (χ1) is 5.16. The van der Waals surface area contributed by atoms with Crippen molar-refractivity contribution in [3.8, 4) is 0 Å². The highest BCUT2D eigenvalue weighted by molar-refractivity contribution is 7.99. The van der Waals surface area contributed by atoms with Gasteiger partial charge >= 0.3 is 0 Å². The van der Waals surface area contributed by atoms with E-state index in [1.807, 2.05) is 11.8 Å². The number of thioether (sulfide) groups is 1. The largest absolute Gasteiger partial charge is 0.396 e. The van der Waals surface area contributed by atoms with Crippen LogP contribution in [0.2, 0.25) is 0 Å². The molecule has 0 aliphatic rings. The zero-order valence-electron chi connectivity index (χ0n) is 7.84. The van der Waals surface area contributed by atoms with Crippen LogP contribution in [-0.4, -0.2) is 23.2 Å². The molecule has 0 aliphatic heterocycles. The van der Waals surface area contributed by atoms with Crippen molar-refractivity contribution < 1.29 is 5.11 Å². The summed E-state index contributed by atoms with van der Waals surface area (Å²) in [6.45, 7) is 6.91. The molecule has 0 heterocycles. The predicted octanol–water partition coefficient (Wildman–Crippen LogP) is 2.39. The smallest absolute Gasteiger partial charge is 0.0464 e. The van der Waals surface area contributed by atoms with Gasteiger partial charge in [0.1, 0.15) is 0 Å². The van der Waals surface area contributed by atoms with Gasteiger partial charge in [-0.3, -0.25) is 0 Å². The van der Waals surface area contributed by atoms with Gasteiger partial charge in [0, 0.05) is 6.61 Å². The Balaban J connectivity index is 3.01. The van der Waals surface area contributed by atoms with Crippen LogP contribution in [0.4, 0.5) is 0 Å². The Kier molecular flexibility index (Phi) is 7.18. The van der Waals surface area contributed by atoms with E-state index in [0.29, 0.717) is 12.5 Å². The number of hydrogen-bond acceptors (Lipinski definition) is 2. The summed E-state index contributed by atoms with van der Waals surface area (Å²) in [5, 5.41) is 8.73. The molecule has 0 saturated heterocycles. The predicted molar refractivity (Wildman–Crippen MR) is 53.0 cm³/mol. The minimum absolute atomic E-state index is 0.328. The van der Waals surface area contributed by atoms with Gasteiger partial charge in [-0.05, 0) is 29.8 Å². The summed E-state index contributed by atoms with van der Waals surface area (Å²) < 4.78 is 0. The van der Waals surface area contributed by atoms with Gasteiger partial charge in [-0.2, -0.15) is 11.8 Å². The highest BCUT2D eigenvalue weighted by Crippen LogP contribution is 2.12. The van der Waals surface area contributed by atoms with Gasteiger partial charge in [0.15, 0.2) is 0 Å². The lowest BCUT2D eigenvalue weighted by molar-refractivity contribution is 0.250. The van der Waals surface area contributed by atoms with Crippen LogP contribution < -0.4 is 0 Å². The second kappa shape index (κ2) is 6.99. The van der Waals surface area contributed by atoms with Gasteiger partial charge in [-0.25, -0.2) is 0 Å². The molecule has 1 atom stereocenters. The Bertz CT molecular complexity index is 83.6. The van der Waals surface area contributed by atoms with E-state index in [1.54, 1.807) is 0 Å². The van der Waals surface area contributed by atoms with Crippen LogP contribution in [0.5, 0.6) is 0 Å². The van der Waals surface area contributed by atoms with Crippen molar-refractivity contribution in [2.45, 2.75) is 27.2 Å². The first-order valence-corrected chi connectivity index (χ1v) is 5.51. The van der Waals surface area contributed by atoms with Crippen molar-refractivity contribution in [3.63, 3.8) is 0 Å². The lowest BCUT2D eigenvalue weighted by Gasteiger charge is -2.07. The number of hydrogen-bond donors (Lipinski definition) is 1. The van der Waals surface area contributed by atoms with E-state index < -0.39 is 0 Å². The molecule has 0 aromatic heterocycles. The molecule has 1 unspecified atom stereocenters. The highest BCUT2D eigenvalue weighted by Gasteiger charge is 1.99. The molecule has 0 aliphatic carbocycles. The second-order valence-electron chi connectivity index (χ2n) is 3.55. The van der Waals surface area contributed by atoms with Gasteiger partial charge in [0.05, 0.1) is 0 Å². The van der Waals surface area contributed by atoms with Crippen molar-refractivity contribution in [2.24, 2.45) is 11.8 Å². The Morgan fingerprint density at radius 2 is 1.91 bits per heavy atom. The van der Waals surface area contributed by atoms with Crippen LogP contribution in [0.3, 0.4) is 0 Å². The summed E-state index contributed by atoms with van der Waals surface area (Å²) in [4.78, 5) is 0. The average Bonchev–Trinajstić information content (AvgIpc) is 1.97.